The van der Waals surface area contributed by atoms with Crippen molar-refractivity contribution in [3.8, 4) is 5.75 Å². The predicted octanol–water partition coefficient (Wildman–Crippen LogP) is 3.10. The molecule has 0 radical (unpaired) electrons. The highest BCUT2D eigenvalue weighted by Gasteiger charge is 2.18. The molecule has 1 unspecified atom stereocenters. The summed E-state index contributed by atoms with van der Waals surface area (Å²) in [5.41, 5.74) is 5.02. The van der Waals surface area contributed by atoms with Gasteiger partial charge in [-0.25, -0.2) is 10.4 Å². The third kappa shape index (κ3) is 3.36. The van der Waals surface area contributed by atoms with Gasteiger partial charge in [0.25, 0.3) is 0 Å². The van der Waals surface area contributed by atoms with E-state index in [1.54, 1.807) is 11.3 Å². The highest BCUT2D eigenvalue weighted by molar-refractivity contribution is 7.11. The van der Waals surface area contributed by atoms with E-state index in [0.717, 1.165) is 39.9 Å². The average Bonchev–Trinajstić information content (AvgIpc) is 2.78. The number of rotatable bonds is 6. The van der Waals surface area contributed by atoms with Crippen LogP contribution >= 0.6 is 11.3 Å². The van der Waals surface area contributed by atoms with Crippen LogP contribution in [0.25, 0.3) is 0 Å². The molecular weight excluding hydrogens is 270 g/mol. The van der Waals surface area contributed by atoms with E-state index >= 15 is 0 Å². The highest BCUT2D eigenvalue weighted by atomic mass is 32.1. The minimum Gasteiger partial charge on any atom is -0.494 e. The summed E-state index contributed by atoms with van der Waals surface area (Å²) in [6.07, 6.45) is 1.01. The van der Waals surface area contributed by atoms with Crippen LogP contribution in [0.2, 0.25) is 0 Å². The molecule has 0 fully saturated rings. The second-order valence-electron chi connectivity index (χ2n) is 4.70. The van der Waals surface area contributed by atoms with Crippen LogP contribution in [0.3, 0.4) is 0 Å². The van der Waals surface area contributed by atoms with Gasteiger partial charge in [0.05, 0.1) is 28.2 Å². The maximum absolute atomic E-state index is 5.73. The molecule has 1 aromatic heterocycles. The van der Waals surface area contributed by atoms with Gasteiger partial charge in [-0.1, -0.05) is 19.1 Å². The van der Waals surface area contributed by atoms with E-state index in [0.29, 0.717) is 0 Å². The van der Waals surface area contributed by atoms with Gasteiger partial charge in [-0.3, -0.25) is 5.84 Å². The Labute approximate surface area is 124 Å². The van der Waals surface area contributed by atoms with Crippen molar-refractivity contribution in [3.63, 3.8) is 0 Å². The summed E-state index contributed by atoms with van der Waals surface area (Å²) in [4.78, 5) is 5.62. The zero-order chi connectivity index (χ0) is 14.5. The molecule has 0 aliphatic carbocycles. The van der Waals surface area contributed by atoms with Crippen molar-refractivity contribution in [2.45, 2.75) is 33.2 Å². The minimum absolute atomic E-state index is 0.0265. The van der Waals surface area contributed by atoms with E-state index in [9.17, 15) is 0 Å². The molecule has 2 aromatic rings. The fourth-order valence-corrected chi connectivity index (χ4v) is 3.13. The lowest BCUT2D eigenvalue weighted by Crippen LogP contribution is -2.28. The highest BCUT2D eigenvalue weighted by Crippen LogP contribution is 2.30. The second kappa shape index (κ2) is 6.83. The molecule has 3 N–H and O–H groups in total. The number of nitrogens with two attached hydrogens (primary N) is 1. The quantitative estimate of drug-likeness (QED) is 0.634. The first-order valence-corrected chi connectivity index (χ1v) is 7.60. The minimum atomic E-state index is -0.0265. The zero-order valence-electron chi connectivity index (χ0n) is 12.1. The van der Waals surface area contributed by atoms with Gasteiger partial charge in [0.15, 0.2) is 0 Å². The number of hydrogen-bond donors (Lipinski definition) is 2. The summed E-state index contributed by atoms with van der Waals surface area (Å²) < 4.78 is 5.60. The Bertz CT molecular complexity index is 551. The molecule has 0 spiro atoms. The Kier molecular flexibility index (Phi) is 5.11. The number of aryl methyl sites for hydroxylation is 2. The number of benzene rings is 1. The standard InChI is InChI=1S/C15H21N3OS/c1-4-9-19-13-7-5-12(6-8-13)14(18-16)15-10(2)17-11(3)20-15/h5-8,14,18H,4,9,16H2,1-3H3. The first-order valence-electron chi connectivity index (χ1n) is 6.78. The van der Waals surface area contributed by atoms with Gasteiger partial charge < -0.3 is 4.74 Å². The summed E-state index contributed by atoms with van der Waals surface area (Å²) in [7, 11) is 0. The first-order chi connectivity index (χ1) is 9.65. The van der Waals surface area contributed by atoms with E-state index in [4.69, 9.17) is 10.6 Å². The molecule has 0 saturated carbocycles. The van der Waals surface area contributed by atoms with Crippen LogP contribution in [0.4, 0.5) is 0 Å². The van der Waals surface area contributed by atoms with E-state index in [2.05, 4.69) is 17.3 Å². The largest absolute Gasteiger partial charge is 0.494 e. The van der Waals surface area contributed by atoms with Gasteiger partial charge in [-0.15, -0.1) is 11.3 Å². The smallest absolute Gasteiger partial charge is 0.119 e. The van der Waals surface area contributed by atoms with Crippen LogP contribution in [0.5, 0.6) is 5.75 Å². The van der Waals surface area contributed by atoms with Gasteiger partial charge in [-0.2, -0.15) is 0 Å². The van der Waals surface area contributed by atoms with Crippen LogP contribution in [0.1, 0.15) is 40.5 Å². The van der Waals surface area contributed by atoms with Gasteiger partial charge in [0.2, 0.25) is 0 Å². The van der Waals surface area contributed by atoms with E-state index in [1.807, 2.05) is 38.1 Å². The molecule has 0 bridgehead atoms. The van der Waals surface area contributed by atoms with E-state index < -0.39 is 0 Å². The number of nitrogens with zero attached hydrogens (tertiary/aromatic N) is 1. The van der Waals surface area contributed by atoms with E-state index in [1.165, 1.54) is 0 Å². The normalized spacial score (nSPS) is 12.4. The summed E-state index contributed by atoms with van der Waals surface area (Å²) in [5.74, 6) is 6.62. The zero-order valence-corrected chi connectivity index (χ0v) is 13.0. The molecule has 5 heteroatoms. The third-order valence-corrected chi connectivity index (χ3v) is 4.19. The lowest BCUT2D eigenvalue weighted by atomic mass is 10.0. The topological polar surface area (TPSA) is 60.2 Å². The maximum Gasteiger partial charge on any atom is 0.119 e. The number of nitrogens with one attached hydrogen (secondary N) is 1. The lowest BCUT2D eigenvalue weighted by Gasteiger charge is -2.16. The Morgan fingerprint density at radius 2 is 2.00 bits per heavy atom. The predicted molar refractivity (Wildman–Crippen MR) is 83.0 cm³/mol. The van der Waals surface area contributed by atoms with Crippen LogP contribution in [-0.4, -0.2) is 11.6 Å². The van der Waals surface area contributed by atoms with Gasteiger partial charge >= 0.3 is 0 Å². The molecule has 1 heterocycles. The molecule has 0 aliphatic rings. The fraction of sp³-hybridized carbons (Fsp3) is 0.400. The SMILES string of the molecule is CCCOc1ccc(C(NN)c2sc(C)nc2C)cc1. The van der Waals surface area contributed by atoms with Crippen LogP contribution in [0.15, 0.2) is 24.3 Å². The number of aromatic nitrogens is 1. The van der Waals surface area contributed by atoms with E-state index in [-0.39, 0.29) is 6.04 Å². The molecule has 108 valence electrons. The van der Waals surface area contributed by atoms with Gasteiger partial charge in [-0.05, 0) is 38.0 Å². The van der Waals surface area contributed by atoms with Crippen LogP contribution in [-0.2, 0) is 0 Å². The average molecular weight is 291 g/mol. The molecule has 0 aliphatic heterocycles. The Morgan fingerprint density at radius 1 is 1.30 bits per heavy atom. The molecule has 1 aromatic carbocycles. The van der Waals surface area contributed by atoms with Crippen molar-refractivity contribution in [1.82, 2.24) is 10.4 Å². The maximum atomic E-state index is 5.73. The third-order valence-electron chi connectivity index (χ3n) is 3.05. The lowest BCUT2D eigenvalue weighted by molar-refractivity contribution is 0.317. The van der Waals surface area contributed by atoms with Crippen molar-refractivity contribution in [2.75, 3.05) is 6.61 Å². The van der Waals surface area contributed by atoms with Crippen LogP contribution in [0, 0.1) is 13.8 Å². The Morgan fingerprint density at radius 3 is 2.50 bits per heavy atom. The molecule has 0 amide bonds. The Balaban J connectivity index is 2.21. The second-order valence-corrected chi connectivity index (χ2v) is 5.93. The molecule has 20 heavy (non-hydrogen) atoms. The number of hydrogen-bond acceptors (Lipinski definition) is 5. The van der Waals surface area contributed by atoms with Crippen molar-refractivity contribution in [1.29, 1.82) is 0 Å². The summed E-state index contributed by atoms with van der Waals surface area (Å²) >= 11 is 1.68. The van der Waals surface area contributed by atoms with Crippen molar-refractivity contribution < 1.29 is 4.74 Å². The van der Waals surface area contributed by atoms with Crippen molar-refractivity contribution >= 4 is 11.3 Å². The van der Waals surface area contributed by atoms with Crippen molar-refractivity contribution in [2.24, 2.45) is 5.84 Å². The summed E-state index contributed by atoms with van der Waals surface area (Å²) in [6.45, 7) is 6.86. The van der Waals surface area contributed by atoms with Gasteiger partial charge in [0, 0.05) is 0 Å². The molecule has 0 saturated heterocycles. The number of thiazole rings is 1. The molecule has 4 nitrogen and oxygen atoms in total. The number of ether oxygens (including phenoxy) is 1. The monoisotopic (exact) mass is 291 g/mol. The van der Waals surface area contributed by atoms with Gasteiger partial charge in [0.1, 0.15) is 5.75 Å². The summed E-state index contributed by atoms with van der Waals surface area (Å²) in [6, 6.07) is 8.03. The fourth-order valence-electron chi connectivity index (χ4n) is 2.11. The Hall–Kier alpha value is -1.43. The number of hydrazine groups is 1. The molecule has 2 rings (SSSR count). The van der Waals surface area contributed by atoms with Crippen molar-refractivity contribution in [3.05, 3.63) is 45.4 Å². The molecular formula is C15H21N3OS. The first kappa shape index (κ1) is 15.0. The van der Waals surface area contributed by atoms with Crippen LogP contribution < -0.4 is 16.0 Å². The summed E-state index contributed by atoms with van der Waals surface area (Å²) in [5, 5.41) is 1.06. The molecule has 1 atom stereocenters.